The predicted molar refractivity (Wildman–Crippen MR) is 166 cm³/mol. The second-order valence-electron chi connectivity index (χ2n) is 10.1. The van der Waals surface area contributed by atoms with E-state index < -0.39 is 24.3 Å². The molecule has 44 heavy (non-hydrogen) atoms. The Hall–Kier alpha value is -4.69. The Labute approximate surface area is 255 Å². The molecule has 1 fully saturated rings. The van der Waals surface area contributed by atoms with Crippen molar-refractivity contribution in [2.75, 3.05) is 21.0 Å². The van der Waals surface area contributed by atoms with E-state index in [0.717, 1.165) is 34.6 Å². The average Bonchev–Trinajstić information content (AvgIpc) is 3.58. The molecular weight excluding hydrogens is 595 g/mol. The number of anilines is 3. The summed E-state index contributed by atoms with van der Waals surface area (Å²) in [7, 11) is 0. The number of amides is 3. The highest BCUT2D eigenvalue weighted by Crippen LogP contribution is 2.34. The zero-order chi connectivity index (χ0) is 31.4. The van der Waals surface area contributed by atoms with Gasteiger partial charge >= 0.3 is 12.4 Å². The largest absolute Gasteiger partial charge is 0.573 e. The Morgan fingerprint density at radius 2 is 1.95 bits per heavy atom. The van der Waals surface area contributed by atoms with Crippen molar-refractivity contribution in [3.63, 3.8) is 0 Å². The van der Waals surface area contributed by atoms with E-state index in [9.17, 15) is 22.8 Å². The third kappa shape index (κ3) is 7.63. The van der Waals surface area contributed by atoms with Gasteiger partial charge in [-0.2, -0.15) is 10.4 Å². The number of aryl methyl sites for hydroxylation is 1. The highest BCUT2D eigenvalue weighted by atomic mass is 32.2. The number of alkyl halides is 3. The van der Waals surface area contributed by atoms with Crippen LogP contribution in [0.1, 0.15) is 36.5 Å². The van der Waals surface area contributed by atoms with Gasteiger partial charge in [0.1, 0.15) is 24.1 Å². The fraction of sp³-hybridized carbons (Fsp3) is 0.233. The summed E-state index contributed by atoms with van der Waals surface area (Å²) < 4.78 is 40.9. The lowest BCUT2D eigenvalue weighted by Crippen LogP contribution is -2.36. The maximum atomic E-state index is 12.8. The number of ether oxygens (including phenoxy) is 1. The third-order valence-electron chi connectivity index (χ3n) is 6.46. The van der Waals surface area contributed by atoms with Crippen molar-refractivity contribution >= 4 is 58.5 Å². The van der Waals surface area contributed by atoms with E-state index in [1.54, 1.807) is 30.3 Å². The summed E-state index contributed by atoms with van der Waals surface area (Å²) in [5.41, 5.74) is 7.16. The number of aliphatic imine (C=N–C) groups is 2. The van der Waals surface area contributed by atoms with Crippen LogP contribution in [-0.4, -0.2) is 46.7 Å². The molecule has 1 aromatic heterocycles. The number of urea groups is 1. The zero-order valence-corrected chi connectivity index (χ0v) is 24.7. The Bertz CT molecular complexity index is 1620. The van der Waals surface area contributed by atoms with E-state index in [0.29, 0.717) is 16.7 Å². The Kier molecular flexibility index (Phi) is 9.01. The number of hydrogen-bond donors (Lipinski definition) is 2. The molecule has 0 radical (unpaired) electrons. The molecule has 1 unspecified atom stereocenters. The number of nitrogens with zero attached hydrogens (tertiary/aromatic N) is 5. The molecule has 0 saturated carbocycles. The smallest absolute Gasteiger partial charge is 0.404 e. The van der Waals surface area contributed by atoms with Crippen molar-refractivity contribution in [1.82, 2.24) is 10.4 Å². The first-order valence-electron chi connectivity index (χ1n) is 13.5. The number of thioether (sulfide) groups is 1. The number of benzene rings is 2. The fourth-order valence-corrected chi connectivity index (χ4v) is 5.27. The summed E-state index contributed by atoms with van der Waals surface area (Å²) in [6, 6.07) is 14.9. The maximum Gasteiger partial charge on any atom is 0.573 e. The zero-order valence-electron chi connectivity index (χ0n) is 23.9. The van der Waals surface area contributed by atoms with Crippen LogP contribution in [0.2, 0.25) is 0 Å². The van der Waals surface area contributed by atoms with E-state index in [2.05, 4.69) is 44.3 Å². The molecule has 1 saturated heterocycles. The molecule has 0 spiro atoms. The number of hydrogen-bond acceptors (Lipinski definition) is 8. The Morgan fingerprint density at radius 1 is 1.18 bits per heavy atom. The van der Waals surface area contributed by atoms with Crippen molar-refractivity contribution < 1.29 is 27.5 Å². The average molecular weight is 624 g/mol. The minimum absolute atomic E-state index is 0.126. The van der Waals surface area contributed by atoms with Gasteiger partial charge in [0.05, 0.1) is 17.6 Å². The van der Waals surface area contributed by atoms with E-state index in [-0.39, 0.29) is 17.6 Å². The normalized spacial score (nSPS) is 17.8. The SMILES string of the molecule is Cc1ccc(C(C)C)c(N2C(=O)CSC2=NC(=O)Nc2ccc(/C=C/C3N=CN(c4ccc(OC(F)(F)F)cn4)N3)cc2)c1. The number of pyridine rings is 1. The predicted octanol–water partition coefficient (Wildman–Crippen LogP) is 6.47. The van der Waals surface area contributed by atoms with Gasteiger partial charge < -0.3 is 10.1 Å². The molecule has 3 amide bonds. The first-order valence-corrected chi connectivity index (χ1v) is 14.5. The van der Waals surface area contributed by atoms with Gasteiger partial charge in [0.25, 0.3) is 0 Å². The number of aromatic nitrogens is 1. The lowest BCUT2D eigenvalue weighted by Gasteiger charge is -2.22. The van der Waals surface area contributed by atoms with Crippen molar-refractivity contribution in [2.24, 2.45) is 9.98 Å². The maximum absolute atomic E-state index is 12.8. The molecule has 2 aliphatic heterocycles. The quantitative estimate of drug-likeness (QED) is 0.310. The molecule has 3 heterocycles. The van der Waals surface area contributed by atoms with Gasteiger partial charge in [-0.3, -0.25) is 9.69 Å². The lowest BCUT2D eigenvalue weighted by atomic mass is 9.99. The van der Waals surface area contributed by atoms with Crippen LogP contribution in [0.15, 0.2) is 76.9 Å². The van der Waals surface area contributed by atoms with Gasteiger partial charge in [0, 0.05) is 5.69 Å². The monoisotopic (exact) mass is 623 g/mol. The number of rotatable bonds is 7. The molecule has 3 aromatic rings. The summed E-state index contributed by atoms with van der Waals surface area (Å²) >= 11 is 1.23. The highest BCUT2D eigenvalue weighted by Gasteiger charge is 2.33. The van der Waals surface area contributed by atoms with Crippen LogP contribution in [-0.2, 0) is 4.79 Å². The lowest BCUT2D eigenvalue weighted by molar-refractivity contribution is -0.274. The van der Waals surface area contributed by atoms with Gasteiger partial charge in [-0.25, -0.2) is 19.8 Å². The van der Waals surface area contributed by atoms with E-state index in [1.807, 2.05) is 31.2 Å². The van der Waals surface area contributed by atoms with Crippen LogP contribution in [0.5, 0.6) is 5.75 Å². The molecule has 2 N–H and O–H groups in total. The Balaban J connectivity index is 1.18. The van der Waals surface area contributed by atoms with Gasteiger partial charge in [-0.15, -0.1) is 13.2 Å². The summed E-state index contributed by atoms with van der Waals surface area (Å²) in [4.78, 5) is 39.6. The topological polar surface area (TPSA) is 112 Å². The van der Waals surface area contributed by atoms with Gasteiger partial charge in [0.15, 0.2) is 5.17 Å². The Morgan fingerprint density at radius 3 is 2.64 bits per heavy atom. The summed E-state index contributed by atoms with van der Waals surface area (Å²) in [6.07, 6.45) is 0.839. The molecule has 14 heteroatoms. The van der Waals surface area contributed by atoms with Crippen LogP contribution in [0.4, 0.5) is 35.2 Å². The summed E-state index contributed by atoms with van der Waals surface area (Å²) in [5, 5.41) is 4.56. The number of halogens is 3. The molecule has 228 valence electrons. The van der Waals surface area contributed by atoms with Crippen molar-refractivity contribution in [3.8, 4) is 5.75 Å². The van der Waals surface area contributed by atoms with Crippen molar-refractivity contribution in [1.29, 1.82) is 0 Å². The fourth-order valence-electron chi connectivity index (χ4n) is 4.41. The van der Waals surface area contributed by atoms with E-state index >= 15 is 0 Å². The number of carbonyl (C=O) groups is 2. The molecule has 1 atom stereocenters. The number of carbonyl (C=O) groups excluding carboxylic acids is 2. The van der Waals surface area contributed by atoms with Crippen LogP contribution < -0.4 is 25.4 Å². The molecule has 10 nitrogen and oxygen atoms in total. The van der Waals surface area contributed by atoms with Gasteiger partial charge in [-0.1, -0.05) is 56.0 Å². The molecule has 0 aliphatic carbocycles. The summed E-state index contributed by atoms with van der Waals surface area (Å²) in [5.74, 6) is 0.180. The number of nitrogens with one attached hydrogen (secondary N) is 2. The molecular formula is C30H28F3N7O3S. The van der Waals surface area contributed by atoms with Crippen LogP contribution in [0.3, 0.4) is 0 Å². The summed E-state index contributed by atoms with van der Waals surface area (Å²) in [6.45, 7) is 6.06. The van der Waals surface area contributed by atoms with E-state index in [4.69, 9.17) is 0 Å². The van der Waals surface area contributed by atoms with Crippen molar-refractivity contribution in [3.05, 3.63) is 83.6 Å². The van der Waals surface area contributed by atoms with Crippen LogP contribution in [0.25, 0.3) is 6.08 Å². The van der Waals surface area contributed by atoms with Crippen LogP contribution in [0, 0.1) is 6.92 Å². The molecule has 2 aliphatic rings. The second-order valence-corrected chi connectivity index (χ2v) is 11.1. The van der Waals surface area contributed by atoms with Gasteiger partial charge in [-0.05, 0) is 65.9 Å². The number of hydrazine groups is 1. The van der Waals surface area contributed by atoms with Crippen LogP contribution >= 0.6 is 11.8 Å². The van der Waals surface area contributed by atoms with E-state index in [1.165, 1.54) is 34.1 Å². The standard InChI is InChI=1S/C30H28F3N7O3S/c1-18(2)23-11-4-19(3)14-24(23)40-27(41)16-44-29(40)37-28(42)36-21-8-5-20(6-9-21)7-12-25-35-17-39(38-25)26-13-10-22(15-34-26)43-30(31,32)33/h4-15,17-18,25,38H,16H2,1-3H3,(H,36,42)/b12-7+,37-29?. The first kappa shape index (κ1) is 30.8. The minimum atomic E-state index is -4.79. The third-order valence-corrected chi connectivity index (χ3v) is 7.38. The second kappa shape index (κ2) is 12.9. The highest BCUT2D eigenvalue weighted by molar-refractivity contribution is 8.15. The van der Waals surface area contributed by atoms with Crippen molar-refractivity contribution in [2.45, 2.75) is 39.2 Å². The molecule has 5 rings (SSSR count). The number of amidine groups is 1. The molecule has 0 bridgehead atoms. The minimum Gasteiger partial charge on any atom is -0.404 e. The van der Waals surface area contributed by atoms with Gasteiger partial charge in [0.2, 0.25) is 5.91 Å². The molecule has 2 aromatic carbocycles. The first-order chi connectivity index (χ1) is 20.9.